The Morgan fingerprint density at radius 2 is 2.26 bits per heavy atom. The summed E-state index contributed by atoms with van der Waals surface area (Å²) in [7, 11) is 1.37. The van der Waals surface area contributed by atoms with Crippen molar-refractivity contribution < 1.29 is 14.3 Å². The van der Waals surface area contributed by atoms with E-state index in [1.165, 1.54) is 7.11 Å². The first kappa shape index (κ1) is 13.4. The van der Waals surface area contributed by atoms with Crippen LogP contribution in [-0.4, -0.2) is 37.0 Å². The van der Waals surface area contributed by atoms with Crippen molar-refractivity contribution in [3.63, 3.8) is 0 Å². The molecular weight excluding hydrogens is 244 g/mol. The number of anilines is 1. The van der Waals surface area contributed by atoms with Crippen LogP contribution in [0.1, 0.15) is 28.8 Å². The van der Waals surface area contributed by atoms with Gasteiger partial charge in [0.25, 0.3) is 5.91 Å². The second kappa shape index (κ2) is 5.73. The SMILES string of the molecule is COC(=O)CCCN1CCc2ccc(N)cc2C1=O. The number of benzene rings is 1. The van der Waals surface area contributed by atoms with E-state index in [2.05, 4.69) is 4.74 Å². The number of esters is 1. The van der Waals surface area contributed by atoms with Crippen molar-refractivity contribution in [3.8, 4) is 0 Å². The smallest absolute Gasteiger partial charge is 0.305 e. The van der Waals surface area contributed by atoms with Crippen LogP contribution in [0.3, 0.4) is 0 Å². The number of hydrogen-bond donors (Lipinski definition) is 1. The van der Waals surface area contributed by atoms with Crippen molar-refractivity contribution in [1.29, 1.82) is 0 Å². The maximum absolute atomic E-state index is 12.3. The van der Waals surface area contributed by atoms with E-state index >= 15 is 0 Å². The summed E-state index contributed by atoms with van der Waals surface area (Å²) in [5.74, 6) is -0.243. The van der Waals surface area contributed by atoms with Crippen molar-refractivity contribution >= 4 is 17.6 Å². The summed E-state index contributed by atoms with van der Waals surface area (Å²) in [5.41, 5.74) is 8.05. The van der Waals surface area contributed by atoms with Crippen LogP contribution in [0.5, 0.6) is 0 Å². The minimum absolute atomic E-state index is 0.00147. The van der Waals surface area contributed by atoms with E-state index in [0.717, 1.165) is 12.0 Å². The van der Waals surface area contributed by atoms with Gasteiger partial charge in [0.1, 0.15) is 0 Å². The Hall–Kier alpha value is -2.04. The van der Waals surface area contributed by atoms with Gasteiger partial charge in [0.05, 0.1) is 7.11 Å². The number of fused-ring (bicyclic) bond motifs is 1. The summed E-state index contributed by atoms with van der Waals surface area (Å²) in [6.07, 6.45) is 1.79. The number of amides is 1. The summed E-state index contributed by atoms with van der Waals surface area (Å²) in [4.78, 5) is 25.1. The van der Waals surface area contributed by atoms with Crippen molar-refractivity contribution in [2.45, 2.75) is 19.3 Å². The number of nitrogens with two attached hydrogens (primary N) is 1. The molecule has 0 radical (unpaired) electrons. The number of hydrogen-bond acceptors (Lipinski definition) is 4. The fourth-order valence-corrected chi connectivity index (χ4v) is 2.27. The van der Waals surface area contributed by atoms with Crippen LogP contribution >= 0.6 is 0 Å². The number of rotatable bonds is 4. The molecule has 0 saturated heterocycles. The van der Waals surface area contributed by atoms with Gasteiger partial charge < -0.3 is 15.4 Å². The second-order valence-electron chi connectivity index (χ2n) is 4.64. The number of nitrogens with zero attached hydrogens (tertiary/aromatic N) is 1. The van der Waals surface area contributed by atoms with Gasteiger partial charge in [0.15, 0.2) is 0 Å². The molecule has 0 fully saturated rings. The summed E-state index contributed by atoms with van der Waals surface area (Å²) in [6, 6.07) is 5.46. The van der Waals surface area contributed by atoms with Gasteiger partial charge in [0.2, 0.25) is 0 Å². The summed E-state index contributed by atoms with van der Waals surface area (Å²) in [5, 5.41) is 0. The van der Waals surface area contributed by atoms with Gasteiger partial charge in [-0.05, 0) is 30.5 Å². The molecule has 1 aliphatic heterocycles. The molecule has 2 rings (SSSR count). The van der Waals surface area contributed by atoms with Crippen LogP contribution in [0.15, 0.2) is 18.2 Å². The highest BCUT2D eigenvalue weighted by atomic mass is 16.5. The van der Waals surface area contributed by atoms with Gasteiger partial charge >= 0.3 is 5.97 Å². The largest absolute Gasteiger partial charge is 0.469 e. The van der Waals surface area contributed by atoms with E-state index < -0.39 is 0 Å². The molecule has 5 heteroatoms. The maximum atomic E-state index is 12.3. The standard InChI is InChI=1S/C14H18N2O3/c1-19-13(17)3-2-7-16-8-6-10-4-5-11(15)9-12(10)14(16)18/h4-5,9H,2-3,6-8,15H2,1H3. The van der Waals surface area contributed by atoms with Crippen molar-refractivity contribution in [3.05, 3.63) is 29.3 Å². The molecule has 0 saturated carbocycles. The zero-order chi connectivity index (χ0) is 13.8. The maximum Gasteiger partial charge on any atom is 0.305 e. The van der Waals surface area contributed by atoms with Crippen molar-refractivity contribution in [2.75, 3.05) is 25.9 Å². The Morgan fingerprint density at radius 3 is 3.00 bits per heavy atom. The first-order valence-corrected chi connectivity index (χ1v) is 6.36. The molecule has 19 heavy (non-hydrogen) atoms. The molecule has 1 heterocycles. The van der Waals surface area contributed by atoms with Gasteiger partial charge in [0, 0.05) is 30.8 Å². The zero-order valence-corrected chi connectivity index (χ0v) is 11.0. The molecule has 0 spiro atoms. The highest BCUT2D eigenvalue weighted by Crippen LogP contribution is 2.21. The molecule has 1 aliphatic rings. The van der Waals surface area contributed by atoms with E-state index in [4.69, 9.17) is 5.73 Å². The molecule has 0 aliphatic carbocycles. The Labute approximate surface area is 112 Å². The van der Waals surface area contributed by atoms with Gasteiger partial charge in [-0.2, -0.15) is 0 Å². The number of methoxy groups -OCH3 is 1. The Kier molecular flexibility index (Phi) is 4.04. The van der Waals surface area contributed by atoms with Gasteiger partial charge in [-0.1, -0.05) is 6.07 Å². The lowest BCUT2D eigenvalue weighted by atomic mass is 9.98. The predicted molar refractivity (Wildman–Crippen MR) is 71.7 cm³/mol. The Morgan fingerprint density at radius 1 is 1.47 bits per heavy atom. The van der Waals surface area contributed by atoms with Crippen LogP contribution in [-0.2, 0) is 16.0 Å². The fraction of sp³-hybridized carbons (Fsp3) is 0.429. The number of ether oxygens (including phenoxy) is 1. The average Bonchev–Trinajstić information content (AvgIpc) is 2.41. The number of nitrogen functional groups attached to an aromatic ring is 1. The van der Waals surface area contributed by atoms with Crippen LogP contribution in [0.2, 0.25) is 0 Å². The lowest BCUT2D eigenvalue weighted by Crippen LogP contribution is -2.38. The monoisotopic (exact) mass is 262 g/mol. The third kappa shape index (κ3) is 3.05. The lowest BCUT2D eigenvalue weighted by Gasteiger charge is -2.28. The van der Waals surface area contributed by atoms with Crippen LogP contribution in [0.4, 0.5) is 5.69 Å². The minimum atomic E-state index is -0.242. The Bertz CT molecular complexity index is 499. The first-order valence-electron chi connectivity index (χ1n) is 6.36. The summed E-state index contributed by atoms with van der Waals surface area (Å²) >= 11 is 0. The van der Waals surface area contributed by atoms with E-state index in [1.54, 1.807) is 11.0 Å². The van der Waals surface area contributed by atoms with E-state index in [1.807, 2.05) is 12.1 Å². The molecule has 1 amide bonds. The number of carbonyl (C=O) groups excluding carboxylic acids is 2. The quantitative estimate of drug-likeness (QED) is 0.654. The normalized spacial score (nSPS) is 14.2. The fourth-order valence-electron chi connectivity index (χ4n) is 2.27. The molecule has 0 bridgehead atoms. The molecule has 0 aromatic heterocycles. The number of carbonyl (C=O) groups is 2. The molecular formula is C14H18N2O3. The Balaban J connectivity index is 1.99. The summed E-state index contributed by atoms with van der Waals surface area (Å²) in [6.45, 7) is 1.26. The third-order valence-electron chi connectivity index (χ3n) is 3.34. The van der Waals surface area contributed by atoms with E-state index in [9.17, 15) is 9.59 Å². The second-order valence-corrected chi connectivity index (χ2v) is 4.64. The minimum Gasteiger partial charge on any atom is -0.469 e. The highest BCUT2D eigenvalue weighted by Gasteiger charge is 2.24. The van der Waals surface area contributed by atoms with Crippen LogP contribution < -0.4 is 5.73 Å². The first-order chi connectivity index (χ1) is 9.11. The van der Waals surface area contributed by atoms with Gasteiger partial charge in [-0.25, -0.2) is 0 Å². The molecule has 1 aromatic carbocycles. The topological polar surface area (TPSA) is 72.6 Å². The molecule has 1 aromatic rings. The predicted octanol–water partition coefficient (Wildman–Crippen LogP) is 1.22. The van der Waals surface area contributed by atoms with Crippen LogP contribution in [0, 0.1) is 0 Å². The molecule has 2 N–H and O–H groups in total. The lowest BCUT2D eigenvalue weighted by molar-refractivity contribution is -0.140. The highest BCUT2D eigenvalue weighted by molar-refractivity contribution is 5.97. The molecule has 0 atom stereocenters. The molecule has 0 unspecified atom stereocenters. The average molecular weight is 262 g/mol. The van der Waals surface area contributed by atoms with E-state index in [-0.39, 0.29) is 11.9 Å². The third-order valence-corrected chi connectivity index (χ3v) is 3.34. The van der Waals surface area contributed by atoms with Crippen molar-refractivity contribution in [1.82, 2.24) is 4.90 Å². The van der Waals surface area contributed by atoms with Gasteiger partial charge in [-0.15, -0.1) is 0 Å². The zero-order valence-electron chi connectivity index (χ0n) is 11.0. The molecule has 5 nitrogen and oxygen atoms in total. The summed E-state index contributed by atoms with van der Waals surface area (Å²) < 4.78 is 4.58. The molecule has 102 valence electrons. The van der Waals surface area contributed by atoms with Gasteiger partial charge in [-0.3, -0.25) is 9.59 Å². The van der Waals surface area contributed by atoms with Crippen LogP contribution in [0.25, 0.3) is 0 Å². The van der Waals surface area contributed by atoms with Crippen molar-refractivity contribution in [2.24, 2.45) is 0 Å². The van der Waals surface area contributed by atoms with E-state index in [0.29, 0.717) is 37.2 Å².